The molecule has 1 saturated carbocycles. The van der Waals surface area contributed by atoms with Gasteiger partial charge in [-0.15, -0.1) is 0 Å². The third-order valence-corrected chi connectivity index (χ3v) is 4.83. The van der Waals surface area contributed by atoms with Crippen LogP contribution in [0, 0.1) is 17.8 Å². The highest BCUT2D eigenvalue weighted by Crippen LogP contribution is 2.39. The molecule has 108 valence electrons. The van der Waals surface area contributed by atoms with E-state index in [0.717, 1.165) is 24.3 Å². The molecule has 1 aromatic rings. The van der Waals surface area contributed by atoms with Gasteiger partial charge in [-0.25, -0.2) is 0 Å². The van der Waals surface area contributed by atoms with Gasteiger partial charge in [0.1, 0.15) is 0 Å². The number of rotatable bonds is 5. The zero-order valence-corrected chi connectivity index (χ0v) is 12.9. The smallest absolute Gasteiger partial charge is 0.0553 e. The molecule has 1 aliphatic carbocycles. The largest absolute Gasteiger partial charge is 0.309 e. The van der Waals surface area contributed by atoms with Crippen LogP contribution < -0.4 is 5.32 Å². The second-order valence-electron chi connectivity index (χ2n) is 6.33. The number of nitrogens with zero attached hydrogens (tertiary/aromatic N) is 2. The minimum absolute atomic E-state index is 0.477. The Bertz CT molecular complexity index is 375. The molecule has 0 bridgehead atoms. The Morgan fingerprint density at radius 2 is 1.89 bits per heavy atom. The van der Waals surface area contributed by atoms with Gasteiger partial charge in [0.15, 0.2) is 0 Å². The maximum Gasteiger partial charge on any atom is 0.0553 e. The maximum atomic E-state index is 4.33. The molecule has 1 fully saturated rings. The Kier molecular flexibility index (Phi) is 5.03. The number of nitrogens with one attached hydrogen (secondary N) is 1. The number of hydrogen-bond acceptors (Lipinski definition) is 2. The highest BCUT2D eigenvalue weighted by atomic mass is 15.3. The normalized spacial score (nSPS) is 25.7. The van der Waals surface area contributed by atoms with Crippen molar-refractivity contribution in [2.24, 2.45) is 24.8 Å². The topological polar surface area (TPSA) is 29.9 Å². The number of hydrogen-bond donors (Lipinski definition) is 1. The number of aromatic nitrogens is 2. The fourth-order valence-corrected chi connectivity index (χ4v) is 3.57. The highest BCUT2D eigenvalue weighted by Gasteiger charge is 2.30. The fourth-order valence-electron chi connectivity index (χ4n) is 3.57. The van der Waals surface area contributed by atoms with Crippen LogP contribution in [0.15, 0.2) is 12.3 Å². The van der Waals surface area contributed by atoms with Crippen LogP contribution in [-0.4, -0.2) is 16.3 Å². The maximum absolute atomic E-state index is 4.33. The summed E-state index contributed by atoms with van der Waals surface area (Å²) in [6.45, 7) is 7.96. The molecule has 1 aromatic heterocycles. The van der Waals surface area contributed by atoms with Crippen LogP contribution >= 0.6 is 0 Å². The average molecular weight is 263 g/mol. The summed E-state index contributed by atoms with van der Waals surface area (Å²) in [5.74, 6) is 2.55. The molecule has 0 amide bonds. The van der Waals surface area contributed by atoms with E-state index in [0.29, 0.717) is 6.04 Å². The summed E-state index contributed by atoms with van der Waals surface area (Å²) in [4.78, 5) is 0. The highest BCUT2D eigenvalue weighted by molar-refractivity contribution is 5.08. The molecule has 0 saturated heterocycles. The van der Waals surface area contributed by atoms with Gasteiger partial charge in [0.25, 0.3) is 0 Å². The summed E-state index contributed by atoms with van der Waals surface area (Å²) in [5, 5.41) is 8.01. The Labute approximate surface area is 117 Å². The van der Waals surface area contributed by atoms with Gasteiger partial charge in [-0.2, -0.15) is 5.10 Å². The second kappa shape index (κ2) is 6.56. The van der Waals surface area contributed by atoms with E-state index in [1.165, 1.54) is 31.4 Å². The first-order chi connectivity index (χ1) is 9.13. The van der Waals surface area contributed by atoms with E-state index in [-0.39, 0.29) is 0 Å². The third-order valence-electron chi connectivity index (χ3n) is 4.83. The Morgan fingerprint density at radius 1 is 1.26 bits per heavy atom. The summed E-state index contributed by atoms with van der Waals surface area (Å²) in [5.41, 5.74) is 1.34. The van der Waals surface area contributed by atoms with Crippen molar-refractivity contribution in [3.8, 4) is 0 Å². The molecule has 1 heterocycles. The zero-order valence-electron chi connectivity index (χ0n) is 12.9. The molecular weight excluding hydrogens is 234 g/mol. The predicted octanol–water partition coefficient (Wildman–Crippen LogP) is 3.53. The van der Waals surface area contributed by atoms with E-state index in [1.807, 2.05) is 10.9 Å². The molecule has 3 heteroatoms. The van der Waals surface area contributed by atoms with Crippen molar-refractivity contribution >= 4 is 0 Å². The van der Waals surface area contributed by atoms with Gasteiger partial charge >= 0.3 is 0 Å². The van der Waals surface area contributed by atoms with Crippen molar-refractivity contribution < 1.29 is 0 Å². The van der Waals surface area contributed by atoms with Crippen LogP contribution in [0.3, 0.4) is 0 Å². The van der Waals surface area contributed by atoms with Crippen molar-refractivity contribution in [2.45, 2.75) is 52.5 Å². The van der Waals surface area contributed by atoms with Crippen molar-refractivity contribution in [3.05, 3.63) is 18.0 Å². The summed E-state index contributed by atoms with van der Waals surface area (Å²) >= 11 is 0. The van der Waals surface area contributed by atoms with Gasteiger partial charge in [-0.05, 0) is 56.0 Å². The number of aryl methyl sites for hydroxylation is 1. The molecule has 0 spiro atoms. The monoisotopic (exact) mass is 263 g/mol. The van der Waals surface area contributed by atoms with E-state index in [2.05, 4.69) is 44.3 Å². The first kappa shape index (κ1) is 14.6. The fraction of sp³-hybridized carbons (Fsp3) is 0.812. The van der Waals surface area contributed by atoms with Crippen LogP contribution in [0.1, 0.15) is 58.2 Å². The van der Waals surface area contributed by atoms with E-state index < -0.39 is 0 Å². The summed E-state index contributed by atoms with van der Waals surface area (Å²) in [6.07, 6.45) is 7.40. The zero-order chi connectivity index (χ0) is 13.8. The quantitative estimate of drug-likeness (QED) is 0.880. The minimum atomic E-state index is 0.477. The van der Waals surface area contributed by atoms with Crippen molar-refractivity contribution in [3.63, 3.8) is 0 Å². The molecule has 1 atom stereocenters. The van der Waals surface area contributed by atoms with Crippen LogP contribution in [0.5, 0.6) is 0 Å². The second-order valence-corrected chi connectivity index (χ2v) is 6.33. The summed E-state index contributed by atoms with van der Waals surface area (Å²) < 4.78 is 2.03. The van der Waals surface area contributed by atoms with Crippen molar-refractivity contribution in [1.29, 1.82) is 0 Å². The lowest BCUT2D eigenvalue weighted by Crippen LogP contribution is -2.33. The lowest BCUT2D eigenvalue weighted by Gasteiger charge is -2.35. The predicted molar refractivity (Wildman–Crippen MR) is 79.9 cm³/mol. The third kappa shape index (κ3) is 3.38. The molecule has 0 radical (unpaired) electrons. The Morgan fingerprint density at radius 3 is 2.37 bits per heavy atom. The van der Waals surface area contributed by atoms with E-state index in [4.69, 9.17) is 0 Å². The average Bonchev–Trinajstić information content (AvgIpc) is 2.82. The minimum Gasteiger partial charge on any atom is -0.309 e. The van der Waals surface area contributed by atoms with E-state index in [9.17, 15) is 0 Å². The SMILES string of the molecule is CCNC(c1ccnn1C)C1CCC(C(C)C)CC1. The van der Waals surface area contributed by atoms with Crippen molar-refractivity contribution in [2.75, 3.05) is 6.54 Å². The first-order valence-electron chi connectivity index (χ1n) is 7.84. The van der Waals surface area contributed by atoms with Gasteiger partial charge in [0.2, 0.25) is 0 Å². The van der Waals surface area contributed by atoms with Crippen molar-refractivity contribution in [1.82, 2.24) is 15.1 Å². The van der Waals surface area contributed by atoms with Gasteiger partial charge in [0.05, 0.1) is 11.7 Å². The van der Waals surface area contributed by atoms with Gasteiger partial charge in [-0.3, -0.25) is 4.68 Å². The summed E-state index contributed by atoms with van der Waals surface area (Å²) in [7, 11) is 2.05. The van der Waals surface area contributed by atoms with Gasteiger partial charge in [-0.1, -0.05) is 20.8 Å². The van der Waals surface area contributed by atoms with E-state index in [1.54, 1.807) is 0 Å². The molecule has 0 aliphatic heterocycles. The Balaban J connectivity index is 2.03. The van der Waals surface area contributed by atoms with Crippen LogP contribution in [0.2, 0.25) is 0 Å². The molecule has 1 N–H and O–H groups in total. The summed E-state index contributed by atoms with van der Waals surface area (Å²) in [6, 6.07) is 2.65. The van der Waals surface area contributed by atoms with E-state index >= 15 is 0 Å². The lowest BCUT2D eigenvalue weighted by atomic mass is 9.74. The lowest BCUT2D eigenvalue weighted by molar-refractivity contribution is 0.186. The molecule has 2 rings (SSSR count). The molecule has 19 heavy (non-hydrogen) atoms. The van der Waals surface area contributed by atoms with Crippen LogP contribution in [-0.2, 0) is 7.05 Å². The molecule has 1 unspecified atom stereocenters. The molecule has 3 nitrogen and oxygen atoms in total. The molecule has 0 aromatic carbocycles. The van der Waals surface area contributed by atoms with Crippen LogP contribution in [0.4, 0.5) is 0 Å². The molecule has 1 aliphatic rings. The first-order valence-corrected chi connectivity index (χ1v) is 7.84. The van der Waals surface area contributed by atoms with Gasteiger partial charge < -0.3 is 5.32 Å². The van der Waals surface area contributed by atoms with Gasteiger partial charge in [0, 0.05) is 13.2 Å². The molecular formula is C16H29N3. The van der Waals surface area contributed by atoms with Crippen LogP contribution in [0.25, 0.3) is 0 Å². The Hall–Kier alpha value is -0.830. The standard InChI is InChI=1S/C16H29N3/c1-5-17-16(15-10-11-18-19(15)4)14-8-6-13(7-9-14)12(2)3/h10-14,16-17H,5-9H2,1-4H3.